The van der Waals surface area contributed by atoms with Gasteiger partial charge < -0.3 is 24.7 Å². The highest BCUT2D eigenvalue weighted by molar-refractivity contribution is 6.08. The molecule has 2 aromatic carbocycles. The Morgan fingerprint density at radius 3 is 2.59 bits per heavy atom. The topological polar surface area (TPSA) is 91.9 Å². The summed E-state index contributed by atoms with van der Waals surface area (Å²) in [6.45, 7) is 4.53. The predicted molar refractivity (Wildman–Crippen MR) is 103 cm³/mol. The molecule has 0 aliphatic carbocycles. The first-order valence-electron chi connectivity index (χ1n) is 8.85. The third-order valence-electron chi connectivity index (χ3n) is 4.11. The molecule has 1 heterocycles. The summed E-state index contributed by atoms with van der Waals surface area (Å²) >= 11 is 0. The fraction of sp³-hybridized carbons (Fsp3) is 0.286. The number of carboxylic acids is 1. The molecule has 6 heteroatoms. The van der Waals surface area contributed by atoms with Crippen LogP contribution in [0.2, 0.25) is 0 Å². The molecule has 0 fully saturated rings. The van der Waals surface area contributed by atoms with E-state index in [1.54, 1.807) is 30.3 Å². The minimum atomic E-state index is -1.06. The molecule has 0 bridgehead atoms. The Kier molecular flexibility index (Phi) is 5.78. The molecule has 27 heavy (non-hydrogen) atoms. The average molecular weight is 369 g/mol. The number of rotatable bonds is 8. The molecule has 0 saturated carbocycles. The normalized spacial score (nSPS) is 12.4. The lowest BCUT2D eigenvalue weighted by Crippen LogP contribution is -2.35. The number of hydrogen-bond acceptors (Lipinski definition) is 5. The van der Waals surface area contributed by atoms with Crippen LogP contribution >= 0.6 is 0 Å². The van der Waals surface area contributed by atoms with Crippen LogP contribution in [-0.4, -0.2) is 41.5 Å². The summed E-state index contributed by atoms with van der Waals surface area (Å²) in [5.41, 5.74) is 1.27. The predicted octanol–water partition coefficient (Wildman–Crippen LogP) is 3.54. The summed E-state index contributed by atoms with van der Waals surface area (Å²) in [5, 5.41) is 23.3. The maximum atomic E-state index is 11.8. The van der Waals surface area contributed by atoms with Gasteiger partial charge in [-0.3, -0.25) is 0 Å². The number of aromatic carboxylic acids is 1. The summed E-state index contributed by atoms with van der Waals surface area (Å²) in [6, 6.07) is 14.4. The molecule has 1 aromatic heterocycles. The Labute approximate surface area is 157 Å². The Hall–Kier alpha value is -2.83. The summed E-state index contributed by atoms with van der Waals surface area (Å²) < 4.78 is 11.4. The molecule has 1 unspecified atom stereocenters. The maximum Gasteiger partial charge on any atom is 0.340 e. The van der Waals surface area contributed by atoms with E-state index in [4.69, 9.17) is 9.15 Å². The summed E-state index contributed by atoms with van der Waals surface area (Å²) in [4.78, 5) is 11.8. The summed E-state index contributed by atoms with van der Waals surface area (Å²) in [6.07, 6.45) is -0.661. The number of nitrogens with one attached hydrogen (secondary N) is 1. The number of benzene rings is 2. The molecule has 0 radical (unpaired) electrons. The van der Waals surface area contributed by atoms with Gasteiger partial charge in [-0.25, -0.2) is 4.79 Å². The molecule has 6 nitrogen and oxygen atoms in total. The number of aliphatic hydroxyl groups excluding tert-OH is 1. The van der Waals surface area contributed by atoms with Gasteiger partial charge >= 0.3 is 5.97 Å². The Bertz CT molecular complexity index is 917. The molecule has 3 rings (SSSR count). The number of fused-ring (bicyclic) bond motifs is 1. The molecule has 0 aliphatic rings. The van der Waals surface area contributed by atoms with Crippen LogP contribution in [-0.2, 0) is 0 Å². The lowest BCUT2D eigenvalue weighted by atomic mass is 10.1. The standard InChI is InChI=1S/C21H23NO5/c1-13(2)22-11-15(23)12-26-16-8-9-18-17(10-16)19(21(24)25)20(27-18)14-6-4-3-5-7-14/h3-10,13,15,22-23H,11-12H2,1-2H3,(H,24,25). The number of carboxylic acid groups (broad SMARTS) is 1. The molecule has 142 valence electrons. The third-order valence-corrected chi connectivity index (χ3v) is 4.11. The van der Waals surface area contributed by atoms with Crippen LogP contribution in [0.15, 0.2) is 52.9 Å². The highest BCUT2D eigenvalue weighted by Gasteiger charge is 2.22. The van der Waals surface area contributed by atoms with Gasteiger partial charge in [-0.15, -0.1) is 0 Å². The van der Waals surface area contributed by atoms with Gasteiger partial charge in [-0.05, 0) is 18.2 Å². The van der Waals surface area contributed by atoms with Crippen molar-refractivity contribution in [3.63, 3.8) is 0 Å². The van der Waals surface area contributed by atoms with Gasteiger partial charge in [0.1, 0.15) is 35.4 Å². The number of furan rings is 1. The van der Waals surface area contributed by atoms with Crippen molar-refractivity contribution >= 4 is 16.9 Å². The van der Waals surface area contributed by atoms with Crippen molar-refractivity contribution in [2.45, 2.75) is 26.0 Å². The Morgan fingerprint density at radius 2 is 1.93 bits per heavy atom. The highest BCUT2D eigenvalue weighted by Crippen LogP contribution is 2.35. The second-order valence-corrected chi connectivity index (χ2v) is 6.66. The fourth-order valence-corrected chi connectivity index (χ4v) is 2.79. The van der Waals surface area contributed by atoms with E-state index < -0.39 is 12.1 Å². The van der Waals surface area contributed by atoms with Gasteiger partial charge in [0.05, 0.1) is 0 Å². The van der Waals surface area contributed by atoms with Gasteiger partial charge in [-0.1, -0.05) is 44.2 Å². The van der Waals surface area contributed by atoms with Crippen LogP contribution in [0.4, 0.5) is 0 Å². The van der Waals surface area contributed by atoms with Gasteiger partial charge in [0.2, 0.25) is 0 Å². The van der Waals surface area contributed by atoms with E-state index in [1.165, 1.54) is 0 Å². The van der Waals surface area contributed by atoms with E-state index in [1.807, 2.05) is 32.0 Å². The maximum absolute atomic E-state index is 11.8. The molecular formula is C21H23NO5. The summed E-state index contributed by atoms with van der Waals surface area (Å²) in [5.74, 6) is -0.267. The van der Waals surface area contributed by atoms with E-state index in [9.17, 15) is 15.0 Å². The van der Waals surface area contributed by atoms with Crippen LogP contribution in [0.1, 0.15) is 24.2 Å². The fourth-order valence-electron chi connectivity index (χ4n) is 2.79. The first kappa shape index (κ1) is 18.9. The quantitative estimate of drug-likeness (QED) is 0.563. The minimum absolute atomic E-state index is 0.101. The van der Waals surface area contributed by atoms with E-state index in [0.29, 0.717) is 34.6 Å². The van der Waals surface area contributed by atoms with Crippen molar-refractivity contribution < 1.29 is 24.2 Å². The monoisotopic (exact) mass is 369 g/mol. The highest BCUT2D eigenvalue weighted by atomic mass is 16.5. The van der Waals surface area contributed by atoms with Crippen molar-refractivity contribution in [1.82, 2.24) is 5.32 Å². The van der Waals surface area contributed by atoms with Crippen molar-refractivity contribution in [2.24, 2.45) is 0 Å². The average Bonchev–Trinajstić information content (AvgIpc) is 3.04. The molecule has 0 amide bonds. The van der Waals surface area contributed by atoms with Crippen LogP contribution < -0.4 is 10.1 Å². The van der Waals surface area contributed by atoms with E-state index >= 15 is 0 Å². The first-order chi connectivity index (χ1) is 13.0. The second kappa shape index (κ2) is 8.24. The zero-order valence-corrected chi connectivity index (χ0v) is 15.3. The largest absolute Gasteiger partial charge is 0.491 e. The second-order valence-electron chi connectivity index (χ2n) is 6.66. The third kappa shape index (κ3) is 4.48. The SMILES string of the molecule is CC(C)NCC(O)COc1ccc2oc(-c3ccccc3)c(C(=O)O)c2c1. The van der Waals surface area contributed by atoms with Crippen LogP contribution in [0, 0.1) is 0 Å². The van der Waals surface area contributed by atoms with Gasteiger partial charge in [0, 0.05) is 23.5 Å². The zero-order chi connectivity index (χ0) is 19.4. The van der Waals surface area contributed by atoms with Gasteiger partial charge in [0.15, 0.2) is 0 Å². The van der Waals surface area contributed by atoms with Crippen LogP contribution in [0.3, 0.4) is 0 Å². The van der Waals surface area contributed by atoms with Gasteiger partial charge in [0.25, 0.3) is 0 Å². The van der Waals surface area contributed by atoms with Gasteiger partial charge in [-0.2, -0.15) is 0 Å². The van der Waals surface area contributed by atoms with Crippen LogP contribution in [0.5, 0.6) is 5.75 Å². The van der Waals surface area contributed by atoms with Crippen molar-refractivity contribution in [3.05, 3.63) is 54.1 Å². The number of aliphatic hydroxyl groups is 1. The van der Waals surface area contributed by atoms with Crippen LogP contribution in [0.25, 0.3) is 22.3 Å². The van der Waals surface area contributed by atoms with Crippen molar-refractivity contribution in [3.8, 4) is 17.1 Å². The Balaban J connectivity index is 1.86. The summed E-state index contributed by atoms with van der Waals surface area (Å²) in [7, 11) is 0. The number of ether oxygens (including phenoxy) is 1. The minimum Gasteiger partial charge on any atom is -0.491 e. The molecule has 3 N–H and O–H groups in total. The molecule has 0 saturated heterocycles. The van der Waals surface area contributed by atoms with E-state index in [2.05, 4.69) is 5.32 Å². The molecular weight excluding hydrogens is 346 g/mol. The van der Waals surface area contributed by atoms with Crippen molar-refractivity contribution in [1.29, 1.82) is 0 Å². The Morgan fingerprint density at radius 1 is 1.19 bits per heavy atom. The van der Waals surface area contributed by atoms with E-state index in [0.717, 1.165) is 0 Å². The smallest absolute Gasteiger partial charge is 0.340 e. The lowest BCUT2D eigenvalue weighted by molar-refractivity contribution is 0.0699. The number of carbonyl (C=O) groups is 1. The van der Waals surface area contributed by atoms with E-state index in [-0.39, 0.29) is 18.2 Å². The molecule has 1 atom stereocenters. The molecule has 0 aliphatic heterocycles. The lowest BCUT2D eigenvalue weighted by Gasteiger charge is -2.15. The zero-order valence-electron chi connectivity index (χ0n) is 15.3. The first-order valence-corrected chi connectivity index (χ1v) is 8.85. The van der Waals surface area contributed by atoms with Crippen molar-refractivity contribution in [2.75, 3.05) is 13.2 Å². The molecule has 3 aromatic rings. The molecule has 0 spiro atoms. The number of hydrogen-bond donors (Lipinski definition) is 3.